The molecule has 2 aromatic rings. The van der Waals surface area contributed by atoms with Crippen molar-refractivity contribution in [1.29, 1.82) is 0 Å². The van der Waals surface area contributed by atoms with Crippen LogP contribution in [0.4, 0.5) is 5.95 Å². The standard InChI is InChI=1S/C15H20N4O/c1-6-20-15-18-13(17-14(16-5)19-15)12-10(3)7-9(2)8-11(12)4/h7-8H,6H2,1-5H3,(H,16,17,18,19). The zero-order valence-electron chi connectivity index (χ0n) is 12.6. The Bertz CT molecular complexity index is 602. The highest BCUT2D eigenvalue weighted by molar-refractivity contribution is 5.66. The highest BCUT2D eigenvalue weighted by Crippen LogP contribution is 2.27. The van der Waals surface area contributed by atoms with Gasteiger partial charge in [0.05, 0.1) is 6.61 Å². The van der Waals surface area contributed by atoms with Gasteiger partial charge in [0.2, 0.25) is 5.95 Å². The number of hydrogen-bond acceptors (Lipinski definition) is 5. The van der Waals surface area contributed by atoms with Gasteiger partial charge in [0.15, 0.2) is 5.82 Å². The summed E-state index contributed by atoms with van der Waals surface area (Å²) in [5.74, 6) is 1.15. The molecular formula is C15H20N4O. The second-order valence-electron chi connectivity index (χ2n) is 4.72. The highest BCUT2D eigenvalue weighted by atomic mass is 16.5. The van der Waals surface area contributed by atoms with Crippen molar-refractivity contribution in [2.45, 2.75) is 27.7 Å². The zero-order valence-corrected chi connectivity index (χ0v) is 12.6. The molecular weight excluding hydrogens is 252 g/mol. The summed E-state index contributed by atoms with van der Waals surface area (Å²) in [5, 5.41) is 2.94. The molecule has 106 valence electrons. The quantitative estimate of drug-likeness (QED) is 0.927. The number of aromatic nitrogens is 3. The van der Waals surface area contributed by atoms with Gasteiger partial charge in [-0.25, -0.2) is 0 Å². The number of nitrogens with one attached hydrogen (secondary N) is 1. The fourth-order valence-corrected chi connectivity index (χ4v) is 2.31. The third-order valence-corrected chi connectivity index (χ3v) is 3.01. The predicted molar refractivity (Wildman–Crippen MR) is 80.2 cm³/mol. The molecule has 0 aliphatic rings. The molecule has 5 heteroatoms. The van der Waals surface area contributed by atoms with Crippen LogP contribution < -0.4 is 10.1 Å². The number of rotatable bonds is 4. The second kappa shape index (κ2) is 5.86. The Kier molecular flexibility index (Phi) is 4.17. The van der Waals surface area contributed by atoms with Crippen molar-refractivity contribution in [3.63, 3.8) is 0 Å². The maximum atomic E-state index is 5.41. The Morgan fingerprint density at radius 1 is 1.05 bits per heavy atom. The molecule has 0 saturated carbocycles. The normalized spacial score (nSPS) is 10.4. The molecule has 0 saturated heterocycles. The lowest BCUT2D eigenvalue weighted by molar-refractivity contribution is 0.312. The molecule has 0 fully saturated rings. The van der Waals surface area contributed by atoms with Gasteiger partial charge in [0.1, 0.15) is 0 Å². The lowest BCUT2D eigenvalue weighted by atomic mass is 9.99. The smallest absolute Gasteiger partial charge is 0.321 e. The fraction of sp³-hybridized carbons (Fsp3) is 0.400. The molecule has 1 N–H and O–H groups in total. The van der Waals surface area contributed by atoms with Gasteiger partial charge in [0, 0.05) is 12.6 Å². The minimum atomic E-state index is 0.348. The first-order valence-corrected chi connectivity index (χ1v) is 6.70. The molecule has 2 rings (SSSR count). The van der Waals surface area contributed by atoms with Gasteiger partial charge in [0.25, 0.3) is 0 Å². The molecule has 0 unspecified atom stereocenters. The summed E-state index contributed by atoms with van der Waals surface area (Å²) in [6, 6.07) is 4.61. The first-order chi connectivity index (χ1) is 9.55. The van der Waals surface area contributed by atoms with E-state index in [0.29, 0.717) is 24.4 Å². The van der Waals surface area contributed by atoms with Crippen LogP contribution in [0, 0.1) is 20.8 Å². The molecule has 1 heterocycles. The monoisotopic (exact) mass is 272 g/mol. The van der Waals surface area contributed by atoms with E-state index in [1.165, 1.54) is 5.56 Å². The van der Waals surface area contributed by atoms with Gasteiger partial charge in [-0.3, -0.25) is 0 Å². The molecule has 0 atom stereocenters. The van der Waals surface area contributed by atoms with Gasteiger partial charge < -0.3 is 10.1 Å². The van der Waals surface area contributed by atoms with Gasteiger partial charge >= 0.3 is 6.01 Å². The number of nitrogens with zero attached hydrogens (tertiary/aromatic N) is 3. The Labute approximate surface area is 119 Å². The van der Waals surface area contributed by atoms with E-state index >= 15 is 0 Å². The molecule has 0 spiro atoms. The van der Waals surface area contributed by atoms with Gasteiger partial charge in [-0.05, 0) is 38.8 Å². The van der Waals surface area contributed by atoms with Crippen LogP contribution in [0.3, 0.4) is 0 Å². The van der Waals surface area contributed by atoms with E-state index in [1.54, 1.807) is 7.05 Å². The van der Waals surface area contributed by atoms with Crippen LogP contribution in [0.15, 0.2) is 12.1 Å². The second-order valence-corrected chi connectivity index (χ2v) is 4.72. The maximum absolute atomic E-state index is 5.41. The van der Waals surface area contributed by atoms with Crippen LogP contribution in [0.5, 0.6) is 6.01 Å². The molecule has 20 heavy (non-hydrogen) atoms. The fourth-order valence-electron chi connectivity index (χ4n) is 2.31. The van der Waals surface area contributed by atoms with Gasteiger partial charge in [-0.2, -0.15) is 15.0 Å². The van der Waals surface area contributed by atoms with Gasteiger partial charge in [-0.1, -0.05) is 17.7 Å². The van der Waals surface area contributed by atoms with Gasteiger partial charge in [-0.15, -0.1) is 0 Å². The summed E-state index contributed by atoms with van der Waals surface area (Å²) in [6.45, 7) is 8.65. The summed E-state index contributed by atoms with van der Waals surface area (Å²) in [7, 11) is 1.78. The SMILES string of the molecule is CCOc1nc(NC)nc(-c2c(C)cc(C)cc2C)n1. The van der Waals surface area contributed by atoms with Crippen LogP contribution in [-0.2, 0) is 0 Å². The Morgan fingerprint density at radius 2 is 1.70 bits per heavy atom. The van der Waals surface area contributed by atoms with E-state index < -0.39 is 0 Å². The van der Waals surface area contributed by atoms with E-state index in [-0.39, 0.29) is 0 Å². The number of aryl methyl sites for hydroxylation is 3. The molecule has 1 aromatic heterocycles. The first-order valence-electron chi connectivity index (χ1n) is 6.70. The lowest BCUT2D eigenvalue weighted by Gasteiger charge is -2.12. The third-order valence-electron chi connectivity index (χ3n) is 3.01. The van der Waals surface area contributed by atoms with Crippen LogP contribution in [0.2, 0.25) is 0 Å². The van der Waals surface area contributed by atoms with E-state index in [2.05, 4.69) is 53.2 Å². The van der Waals surface area contributed by atoms with E-state index in [4.69, 9.17) is 4.74 Å². The topological polar surface area (TPSA) is 59.9 Å². The zero-order chi connectivity index (χ0) is 14.7. The van der Waals surface area contributed by atoms with Crippen molar-refractivity contribution in [3.05, 3.63) is 28.8 Å². The Balaban J connectivity index is 2.60. The minimum absolute atomic E-state index is 0.348. The number of benzene rings is 1. The molecule has 0 aliphatic carbocycles. The van der Waals surface area contributed by atoms with Crippen LogP contribution >= 0.6 is 0 Å². The Morgan fingerprint density at radius 3 is 2.25 bits per heavy atom. The third kappa shape index (κ3) is 2.87. The summed E-state index contributed by atoms with van der Waals surface area (Å²) in [6.07, 6.45) is 0. The number of anilines is 1. The van der Waals surface area contributed by atoms with Crippen molar-refractivity contribution in [2.24, 2.45) is 0 Å². The number of hydrogen-bond donors (Lipinski definition) is 1. The first kappa shape index (κ1) is 14.2. The molecule has 5 nitrogen and oxygen atoms in total. The lowest BCUT2D eigenvalue weighted by Crippen LogP contribution is -2.06. The summed E-state index contributed by atoms with van der Waals surface area (Å²) < 4.78 is 5.41. The van der Waals surface area contributed by atoms with Crippen molar-refractivity contribution in [1.82, 2.24) is 15.0 Å². The van der Waals surface area contributed by atoms with Crippen molar-refractivity contribution < 1.29 is 4.74 Å². The number of ether oxygens (including phenoxy) is 1. The van der Waals surface area contributed by atoms with Crippen LogP contribution in [0.1, 0.15) is 23.6 Å². The molecule has 0 aliphatic heterocycles. The molecule has 0 bridgehead atoms. The minimum Gasteiger partial charge on any atom is -0.464 e. The predicted octanol–water partition coefficient (Wildman–Crippen LogP) is 2.90. The molecule has 1 aromatic carbocycles. The van der Waals surface area contributed by atoms with E-state index in [0.717, 1.165) is 16.7 Å². The van der Waals surface area contributed by atoms with Crippen molar-refractivity contribution >= 4 is 5.95 Å². The highest BCUT2D eigenvalue weighted by Gasteiger charge is 2.13. The average Bonchev–Trinajstić information content (AvgIpc) is 2.37. The summed E-state index contributed by atoms with van der Waals surface area (Å²) in [5.41, 5.74) is 4.57. The largest absolute Gasteiger partial charge is 0.464 e. The summed E-state index contributed by atoms with van der Waals surface area (Å²) >= 11 is 0. The molecule has 0 amide bonds. The van der Waals surface area contributed by atoms with Crippen LogP contribution in [-0.4, -0.2) is 28.6 Å². The van der Waals surface area contributed by atoms with Crippen molar-refractivity contribution in [2.75, 3.05) is 19.0 Å². The van der Waals surface area contributed by atoms with Crippen LogP contribution in [0.25, 0.3) is 11.4 Å². The van der Waals surface area contributed by atoms with Crippen molar-refractivity contribution in [3.8, 4) is 17.4 Å². The van der Waals surface area contributed by atoms with E-state index in [9.17, 15) is 0 Å². The summed E-state index contributed by atoms with van der Waals surface area (Å²) in [4.78, 5) is 13.0. The molecule has 0 radical (unpaired) electrons. The average molecular weight is 272 g/mol. The Hall–Kier alpha value is -2.17. The maximum Gasteiger partial charge on any atom is 0.321 e. The van der Waals surface area contributed by atoms with E-state index in [1.807, 2.05) is 6.92 Å².